The Morgan fingerprint density at radius 3 is 3.12 bits per heavy atom. The lowest BCUT2D eigenvalue weighted by Gasteiger charge is -2.32. The van der Waals surface area contributed by atoms with Crippen molar-refractivity contribution in [1.29, 1.82) is 0 Å². The van der Waals surface area contributed by atoms with Crippen molar-refractivity contribution in [3.05, 3.63) is 24.7 Å². The summed E-state index contributed by atoms with van der Waals surface area (Å²) < 4.78 is 1.82. The van der Waals surface area contributed by atoms with Crippen molar-refractivity contribution in [1.82, 2.24) is 14.6 Å². The molecule has 0 aromatic carbocycles. The molecule has 0 radical (unpaired) electrons. The fourth-order valence-corrected chi connectivity index (χ4v) is 2.19. The molecule has 1 aliphatic rings. The fraction of sp³-hybridized carbons (Fsp3) is 0.455. The van der Waals surface area contributed by atoms with Crippen molar-refractivity contribution in [2.45, 2.75) is 18.9 Å². The summed E-state index contributed by atoms with van der Waals surface area (Å²) in [6.45, 7) is 0.950. The Morgan fingerprint density at radius 1 is 1.44 bits per heavy atom. The highest BCUT2D eigenvalue weighted by atomic mass is 15.2. The molecule has 2 aromatic rings. The molecule has 2 aromatic heterocycles. The third-order valence-electron chi connectivity index (χ3n) is 3.15. The Hall–Kier alpha value is -1.62. The number of rotatable bonds is 3. The SMILES string of the molecule is NC1CC(CNc2nccn3nccc23)C1. The zero-order valence-electron chi connectivity index (χ0n) is 9.00. The molecule has 5 nitrogen and oxygen atoms in total. The lowest BCUT2D eigenvalue weighted by Crippen LogP contribution is -2.39. The van der Waals surface area contributed by atoms with Crippen LogP contribution in [0.25, 0.3) is 5.52 Å². The molecule has 1 fully saturated rings. The topological polar surface area (TPSA) is 68.2 Å². The molecular formula is C11H15N5. The maximum Gasteiger partial charge on any atom is 0.152 e. The highest BCUT2D eigenvalue weighted by molar-refractivity contribution is 5.66. The predicted molar refractivity (Wildman–Crippen MR) is 62.2 cm³/mol. The number of nitrogens with two attached hydrogens (primary N) is 1. The zero-order chi connectivity index (χ0) is 11.0. The van der Waals surface area contributed by atoms with E-state index in [-0.39, 0.29) is 0 Å². The summed E-state index contributed by atoms with van der Waals surface area (Å²) in [6.07, 6.45) is 7.63. The van der Waals surface area contributed by atoms with Gasteiger partial charge in [0.05, 0.1) is 6.20 Å². The molecule has 0 unspecified atom stereocenters. The molecule has 2 heterocycles. The Labute approximate surface area is 93.7 Å². The van der Waals surface area contributed by atoms with Crippen molar-refractivity contribution in [3.8, 4) is 0 Å². The predicted octanol–water partition coefficient (Wildman–Crippen LogP) is 0.878. The van der Waals surface area contributed by atoms with Crippen LogP contribution in [0.5, 0.6) is 0 Å². The summed E-state index contributed by atoms with van der Waals surface area (Å²) in [7, 11) is 0. The van der Waals surface area contributed by atoms with Gasteiger partial charge in [-0.25, -0.2) is 9.50 Å². The molecule has 0 spiro atoms. The van der Waals surface area contributed by atoms with Gasteiger partial charge in [0.25, 0.3) is 0 Å². The van der Waals surface area contributed by atoms with E-state index < -0.39 is 0 Å². The first kappa shape index (κ1) is 9.59. The van der Waals surface area contributed by atoms with Crippen LogP contribution >= 0.6 is 0 Å². The van der Waals surface area contributed by atoms with Gasteiger partial charge in [0, 0.05) is 25.0 Å². The van der Waals surface area contributed by atoms with Gasteiger partial charge in [-0.3, -0.25) is 0 Å². The van der Waals surface area contributed by atoms with Crippen molar-refractivity contribution in [2.75, 3.05) is 11.9 Å². The second-order valence-corrected chi connectivity index (χ2v) is 4.42. The number of hydrogen-bond acceptors (Lipinski definition) is 4. The minimum absolute atomic E-state index is 0.408. The molecule has 1 saturated carbocycles. The first-order valence-electron chi connectivity index (χ1n) is 5.61. The van der Waals surface area contributed by atoms with Crippen LogP contribution in [0.2, 0.25) is 0 Å². The first-order chi connectivity index (χ1) is 7.83. The quantitative estimate of drug-likeness (QED) is 0.800. The van der Waals surface area contributed by atoms with Gasteiger partial charge in [-0.1, -0.05) is 0 Å². The summed E-state index contributed by atoms with van der Waals surface area (Å²) in [6, 6.07) is 2.37. The number of fused-ring (bicyclic) bond motifs is 1. The smallest absolute Gasteiger partial charge is 0.152 e. The molecule has 0 bridgehead atoms. The molecule has 0 amide bonds. The van der Waals surface area contributed by atoms with Crippen LogP contribution < -0.4 is 11.1 Å². The van der Waals surface area contributed by atoms with Gasteiger partial charge in [-0.2, -0.15) is 5.10 Å². The van der Waals surface area contributed by atoms with Crippen LogP contribution in [-0.2, 0) is 0 Å². The number of aromatic nitrogens is 3. The summed E-state index contributed by atoms with van der Waals surface area (Å²) >= 11 is 0. The number of hydrogen-bond donors (Lipinski definition) is 2. The van der Waals surface area contributed by atoms with Gasteiger partial charge in [-0.05, 0) is 24.8 Å². The Balaban J connectivity index is 1.71. The van der Waals surface area contributed by atoms with Gasteiger partial charge in [0.2, 0.25) is 0 Å². The summed E-state index contributed by atoms with van der Waals surface area (Å²) in [5, 5.41) is 7.54. The summed E-state index contributed by atoms with van der Waals surface area (Å²) in [5.41, 5.74) is 6.77. The first-order valence-corrected chi connectivity index (χ1v) is 5.61. The molecule has 3 N–H and O–H groups in total. The molecule has 0 aliphatic heterocycles. The fourth-order valence-electron chi connectivity index (χ4n) is 2.19. The van der Waals surface area contributed by atoms with Gasteiger partial charge in [-0.15, -0.1) is 0 Å². The highest BCUT2D eigenvalue weighted by Gasteiger charge is 2.25. The van der Waals surface area contributed by atoms with E-state index in [0.29, 0.717) is 12.0 Å². The molecule has 16 heavy (non-hydrogen) atoms. The molecule has 3 rings (SSSR count). The van der Waals surface area contributed by atoms with Crippen molar-refractivity contribution < 1.29 is 0 Å². The maximum absolute atomic E-state index is 5.75. The highest BCUT2D eigenvalue weighted by Crippen LogP contribution is 2.26. The van der Waals surface area contributed by atoms with E-state index in [1.54, 1.807) is 12.4 Å². The van der Waals surface area contributed by atoms with Crippen molar-refractivity contribution in [2.24, 2.45) is 11.7 Å². The Morgan fingerprint density at radius 2 is 2.31 bits per heavy atom. The number of anilines is 1. The second-order valence-electron chi connectivity index (χ2n) is 4.42. The van der Waals surface area contributed by atoms with Gasteiger partial charge in [0.15, 0.2) is 5.82 Å². The maximum atomic E-state index is 5.75. The average Bonchev–Trinajstić information content (AvgIpc) is 2.71. The van der Waals surface area contributed by atoms with E-state index in [1.165, 1.54) is 0 Å². The van der Waals surface area contributed by atoms with Crippen LogP contribution in [0.15, 0.2) is 24.7 Å². The van der Waals surface area contributed by atoms with Crippen LogP contribution in [-0.4, -0.2) is 27.2 Å². The number of nitrogens with one attached hydrogen (secondary N) is 1. The van der Waals surface area contributed by atoms with E-state index in [4.69, 9.17) is 5.73 Å². The minimum atomic E-state index is 0.408. The average molecular weight is 217 g/mol. The minimum Gasteiger partial charge on any atom is -0.368 e. The Kier molecular flexibility index (Phi) is 2.25. The van der Waals surface area contributed by atoms with E-state index >= 15 is 0 Å². The molecule has 0 saturated heterocycles. The number of nitrogens with zero attached hydrogens (tertiary/aromatic N) is 3. The Bertz CT molecular complexity index is 486. The monoisotopic (exact) mass is 217 g/mol. The molecule has 0 atom stereocenters. The van der Waals surface area contributed by atoms with E-state index in [9.17, 15) is 0 Å². The molecular weight excluding hydrogens is 202 g/mol. The summed E-state index contributed by atoms with van der Waals surface area (Å²) in [5.74, 6) is 1.60. The third kappa shape index (κ3) is 1.63. The van der Waals surface area contributed by atoms with Gasteiger partial charge >= 0.3 is 0 Å². The lowest BCUT2D eigenvalue weighted by molar-refractivity contribution is 0.280. The molecule has 84 valence electrons. The van der Waals surface area contributed by atoms with Crippen LogP contribution in [0.1, 0.15) is 12.8 Å². The van der Waals surface area contributed by atoms with Gasteiger partial charge in [0.1, 0.15) is 5.52 Å². The van der Waals surface area contributed by atoms with E-state index in [0.717, 1.165) is 30.7 Å². The largest absolute Gasteiger partial charge is 0.368 e. The van der Waals surface area contributed by atoms with Crippen LogP contribution in [0, 0.1) is 5.92 Å². The van der Waals surface area contributed by atoms with Gasteiger partial charge < -0.3 is 11.1 Å². The van der Waals surface area contributed by atoms with Crippen LogP contribution in [0.4, 0.5) is 5.82 Å². The third-order valence-corrected chi connectivity index (χ3v) is 3.15. The van der Waals surface area contributed by atoms with E-state index in [2.05, 4.69) is 15.4 Å². The molecule has 5 heteroatoms. The second kappa shape index (κ2) is 3.75. The zero-order valence-corrected chi connectivity index (χ0v) is 9.00. The normalized spacial score (nSPS) is 24.3. The van der Waals surface area contributed by atoms with Crippen LogP contribution in [0.3, 0.4) is 0 Å². The van der Waals surface area contributed by atoms with Crippen molar-refractivity contribution >= 4 is 11.3 Å². The van der Waals surface area contributed by atoms with Crippen molar-refractivity contribution in [3.63, 3.8) is 0 Å². The lowest BCUT2D eigenvalue weighted by atomic mass is 9.81. The molecule has 1 aliphatic carbocycles. The summed E-state index contributed by atoms with van der Waals surface area (Å²) in [4.78, 5) is 4.33. The standard InChI is InChI=1S/C11H15N5/c12-9-5-8(6-9)7-14-11-10-1-2-15-16(10)4-3-13-11/h1-4,8-9H,5-7,12H2,(H,13,14). The van der Waals surface area contributed by atoms with E-state index in [1.807, 2.05) is 16.8 Å².